The monoisotopic (exact) mass is 368 g/mol. The van der Waals surface area contributed by atoms with E-state index in [9.17, 15) is 9.59 Å². The number of rotatable bonds is 9. The van der Waals surface area contributed by atoms with Crippen LogP contribution >= 0.6 is 0 Å². The zero-order valence-electron chi connectivity index (χ0n) is 16.3. The molecule has 5 heteroatoms. The van der Waals surface area contributed by atoms with Crippen molar-refractivity contribution in [3.05, 3.63) is 54.6 Å². The van der Waals surface area contributed by atoms with Gasteiger partial charge in [0.1, 0.15) is 5.75 Å². The summed E-state index contributed by atoms with van der Waals surface area (Å²) in [5.74, 6) is 1.66. The van der Waals surface area contributed by atoms with E-state index in [2.05, 4.69) is 19.2 Å². The molecule has 27 heavy (non-hydrogen) atoms. The summed E-state index contributed by atoms with van der Waals surface area (Å²) in [6.45, 7) is 6.87. The molecule has 2 aromatic carbocycles. The lowest BCUT2D eigenvalue weighted by Gasteiger charge is -2.22. The molecule has 0 spiro atoms. The van der Waals surface area contributed by atoms with Gasteiger partial charge in [0.2, 0.25) is 11.8 Å². The van der Waals surface area contributed by atoms with E-state index in [-0.39, 0.29) is 18.2 Å². The molecule has 0 radical (unpaired) electrons. The Morgan fingerprint density at radius 2 is 1.67 bits per heavy atom. The molecule has 2 rings (SSSR count). The summed E-state index contributed by atoms with van der Waals surface area (Å²) >= 11 is 0. The number of ether oxygens (including phenoxy) is 1. The predicted octanol–water partition coefficient (Wildman–Crippen LogP) is 4.70. The van der Waals surface area contributed by atoms with Crippen molar-refractivity contribution in [3.63, 3.8) is 0 Å². The molecule has 0 aromatic heterocycles. The van der Waals surface area contributed by atoms with Crippen LogP contribution in [-0.4, -0.2) is 29.8 Å². The third-order valence-corrected chi connectivity index (χ3v) is 4.16. The molecular weight excluding hydrogens is 340 g/mol. The predicted molar refractivity (Wildman–Crippen MR) is 108 cm³/mol. The number of carbonyl (C=O) groups excluding carboxylic acids is 2. The van der Waals surface area contributed by atoms with Crippen LogP contribution in [0.25, 0.3) is 0 Å². The van der Waals surface area contributed by atoms with Crippen molar-refractivity contribution in [3.8, 4) is 11.5 Å². The Labute approximate surface area is 161 Å². The second-order valence-electron chi connectivity index (χ2n) is 6.90. The van der Waals surface area contributed by atoms with E-state index in [1.165, 1.54) is 0 Å². The molecule has 2 amide bonds. The number of para-hydroxylation sites is 3. The molecule has 0 aliphatic carbocycles. The summed E-state index contributed by atoms with van der Waals surface area (Å²) in [4.78, 5) is 25.9. The number of hydrogen-bond donors (Lipinski definition) is 1. The Morgan fingerprint density at radius 1 is 1.00 bits per heavy atom. The largest absolute Gasteiger partial charge is 0.455 e. The van der Waals surface area contributed by atoms with Gasteiger partial charge in [0, 0.05) is 26.4 Å². The first-order valence-electron chi connectivity index (χ1n) is 9.33. The van der Waals surface area contributed by atoms with Gasteiger partial charge in [-0.15, -0.1) is 0 Å². The van der Waals surface area contributed by atoms with Crippen LogP contribution in [0.15, 0.2) is 54.6 Å². The van der Waals surface area contributed by atoms with E-state index < -0.39 is 0 Å². The molecule has 0 aliphatic rings. The zero-order valence-corrected chi connectivity index (χ0v) is 16.3. The van der Waals surface area contributed by atoms with E-state index >= 15 is 0 Å². The van der Waals surface area contributed by atoms with Gasteiger partial charge in [0.05, 0.1) is 5.69 Å². The van der Waals surface area contributed by atoms with Gasteiger partial charge in [-0.25, -0.2) is 0 Å². The standard InChI is InChI=1S/C22H28N2O3/c1-17(2)13-15-24(18(3)25)16-14-22(26)23-20-11-7-8-12-21(20)27-19-9-5-4-6-10-19/h4-12,17H,13-16H2,1-3H3,(H,23,26). The maximum absolute atomic E-state index is 12.4. The van der Waals surface area contributed by atoms with Crippen molar-refractivity contribution in [2.45, 2.75) is 33.6 Å². The Bertz CT molecular complexity index is 744. The van der Waals surface area contributed by atoms with Gasteiger partial charge in [0.15, 0.2) is 5.75 Å². The summed E-state index contributed by atoms with van der Waals surface area (Å²) in [6, 6.07) is 16.7. The molecule has 1 N–H and O–H groups in total. The highest BCUT2D eigenvalue weighted by atomic mass is 16.5. The van der Waals surface area contributed by atoms with Gasteiger partial charge in [-0.05, 0) is 36.6 Å². The molecule has 0 heterocycles. The molecule has 0 saturated heterocycles. The van der Waals surface area contributed by atoms with Crippen molar-refractivity contribution in [1.82, 2.24) is 4.90 Å². The number of carbonyl (C=O) groups is 2. The zero-order chi connectivity index (χ0) is 19.6. The highest BCUT2D eigenvalue weighted by Gasteiger charge is 2.13. The van der Waals surface area contributed by atoms with Crippen LogP contribution in [0, 0.1) is 5.92 Å². The first-order valence-corrected chi connectivity index (χ1v) is 9.33. The van der Waals surface area contributed by atoms with E-state index in [0.717, 1.165) is 6.42 Å². The lowest BCUT2D eigenvalue weighted by atomic mass is 10.1. The fourth-order valence-electron chi connectivity index (χ4n) is 2.56. The van der Waals surface area contributed by atoms with Crippen molar-refractivity contribution in [2.24, 2.45) is 5.92 Å². The first-order chi connectivity index (χ1) is 13.0. The van der Waals surface area contributed by atoms with E-state index in [0.29, 0.717) is 36.2 Å². The molecule has 0 fully saturated rings. The summed E-state index contributed by atoms with van der Waals surface area (Å²) < 4.78 is 5.86. The molecule has 2 aromatic rings. The minimum absolute atomic E-state index is 0.00346. The number of anilines is 1. The molecule has 0 saturated carbocycles. The lowest BCUT2D eigenvalue weighted by Crippen LogP contribution is -2.33. The Morgan fingerprint density at radius 3 is 2.33 bits per heavy atom. The lowest BCUT2D eigenvalue weighted by molar-refractivity contribution is -0.129. The minimum atomic E-state index is -0.144. The van der Waals surface area contributed by atoms with Gasteiger partial charge in [-0.3, -0.25) is 9.59 Å². The third-order valence-electron chi connectivity index (χ3n) is 4.16. The van der Waals surface area contributed by atoms with Gasteiger partial charge >= 0.3 is 0 Å². The summed E-state index contributed by atoms with van der Waals surface area (Å²) in [5, 5.41) is 2.89. The summed E-state index contributed by atoms with van der Waals surface area (Å²) in [5.41, 5.74) is 0.614. The molecule has 0 bridgehead atoms. The Hall–Kier alpha value is -2.82. The van der Waals surface area contributed by atoms with E-state index in [1.54, 1.807) is 17.9 Å². The maximum atomic E-state index is 12.4. The average Bonchev–Trinajstić information content (AvgIpc) is 2.63. The van der Waals surface area contributed by atoms with E-state index in [1.807, 2.05) is 48.5 Å². The van der Waals surface area contributed by atoms with Crippen LogP contribution in [0.5, 0.6) is 11.5 Å². The van der Waals surface area contributed by atoms with Gasteiger partial charge in [0.25, 0.3) is 0 Å². The van der Waals surface area contributed by atoms with Gasteiger partial charge in [-0.1, -0.05) is 44.2 Å². The van der Waals surface area contributed by atoms with Crippen molar-refractivity contribution in [2.75, 3.05) is 18.4 Å². The normalized spacial score (nSPS) is 10.5. The SMILES string of the molecule is CC(=O)N(CCC(=O)Nc1ccccc1Oc1ccccc1)CCC(C)C. The highest BCUT2D eigenvalue weighted by Crippen LogP contribution is 2.29. The van der Waals surface area contributed by atoms with Crippen LogP contribution in [-0.2, 0) is 9.59 Å². The second-order valence-corrected chi connectivity index (χ2v) is 6.90. The first kappa shape index (κ1) is 20.5. The average molecular weight is 368 g/mol. The Balaban J connectivity index is 1.94. The fraction of sp³-hybridized carbons (Fsp3) is 0.364. The van der Waals surface area contributed by atoms with Crippen molar-refractivity contribution >= 4 is 17.5 Å². The highest BCUT2D eigenvalue weighted by molar-refractivity contribution is 5.92. The quantitative estimate of drug-likeness (QED) is 0.698. The van der Waals surface area contributed by atoms with Crippen LogP contribution in [0.1, 0.15) is 33.6 Å². The van der Waals surface area contributed by atoms with Crippen LogP contribution < -0.4 is 10.1 Å². The Kier molecular flexibility index (Phi) is 7.86. The van der Waals surface area contributed by atoms with Gasteiger partial charge < -0.3 is 15.0 Å². The number of nitrogens with one attached hydrogen (secondary N) is 1. The molecule has 0 aliphatic heterocycles. The maximum Gasteiger partial charge on any atom is 0.226 e. The molecule has 144 valence electrons. The summed E-state index contributed by atoms with van der Waals surface area (Å²) in [6.07, 6.45) is 1.17. The topological polar surface area (TPSA) is 58.6 Å². The number of hydrogen-bond acceptors (Lipinski definition) is 3. The minimum Gasteiger partial charge on any atom is -0.455 e. The van der Waals surface area contributed by atoms with Gasteiger partial charge in [-0.2, -0.15) is 0 Å². The number of nitrogens with zero attached hydrogens (tertiary/aromatic N) is 1. The van der Waals surface area contributed by atoms with Crippen LogP contribution in [0.3, 0.4) is 0 Å². The van der Waals surface area contributed by atoms with Crippen molar-refractivity contribution in [1.29, 1.82) is 0 Å². The molecule has 0 unspecified atom stereocenters. The molecular formula is C22H28N2O3. The second kappa shape index (κ2) is 10.4. The fourth-order valence-corrected chi connectivity index (χ4v) is 2.56. The number of benzene rings is 2. The van der Waals surface area contributed by atoms with Crippen LogP contribution in [0.4, 0.5) is 5.69 Å². The van der Waals surface area contributed by atoms with Crippen LogP contribution in [0.2, 0.25) is 0 Å². The van der Waals surface area contributed by atoms with E-state index in [4.69, 9.17) is 4.74 Å². The van der Waals surface area contributed by atoms with Crippen molar-refractivity contribution < 1.29 is 14.3 Å². The summed E-state index contributed by atoms with van der Waals surface area (Å²) in [7, 11) is 0. The molecule has 5 nitrogen and oxygen atoms in total. The number of amides is 2. The smallest absolute Gasteiger partial charge is 0.226 e. The third kappa shape index (κ3) is 7.13. The molecule has 0 atom stereocenters.